The molecule has 5 nitrogen and oxygen atoms in total. The van der Waals surface area contributed by atoms with E-state index in [4.69, 9.17) is 16.6 Å². The summed E-state index contributed by atoms with van der Waals surface area (Å²) in [4.78, 5) is 35.4. The molecule has 0 fully saturated rings. The molecule has 2 aromatic carbocycles. The molecule has 7 heteroatoms. The number of thiophene rings is 1. The number of unbranched alkanes of at least 4 members (excludes halogenated alkanes) is 3. The maximum Gasteiger partial charge on any atom is 0.266 e. The van der Waals surface area contributed by atoms with Crippen LogP contribution in [0.4, 0.5) is 0 Å². The number of carbonyl (C=O) groups is 1. The molecule has 1 amide bonds. The van der Waals surface area contributed by atoms with Gasteiger partial charge in [0, 0.05) is 16.4 Å². The van der Waals surface area contributed by atoms with Crippen molar-refractivity contribution in [3.8, 4) is 5.69 Å². The summed E-state index contributed by atoms with van der Waals surface area (Å²) in [6, 6.07) is 18.2. The normalized spacial score (nSPS) is 12.1. The summed E-state index contributed by atoms with van der Waals surface area (Å²) in [6.45, 7) is 4.86. The number of aromatic nitrogens is 2. The van der Waals surface area contributed by atoms with Gasteiger partial charge in [0.05, 0.1) is 29.1 Å². The van der Waals surface area contributed by atoms with Crippen molar-refractivity contribution in [1.82, 2.24) is 14.5 Å². The lowest BCUT2D eigenvalue weighted by Gasteiger charge is -2.32. The number of nitrogens with zero attached hydrogens (tertiary/aromatic N) is 3. The van der Waals surface area contributed by atoms with Crippen molar-refractivity contribution in [3.05, 3.63) is 92.1 Å². The van der Waals surface area contributed by atoms with E-state index in [9.17, 15) is 9.59 Å². The summed E-state index contributed by atoms with van der Waals surface area (Å²) in [6.07, 6.45) is 5.23. The van der Waals surface area contributed by atoms with Crippen LogP contribution < -0.4 is 5.56 Å². The van der Waals surface area contributed by atoms with Crippen LogP contribution >= 0.6 is 22.9 Å². The van der Waals surface area contributed by atoms with Gasteiger partial charge in [-0.1, -0.05) is 62.9 Å². The average Bonchev–Trinajstić information content (AvgIpc) is 3.40. The topological polar surface area (TPSA) is 55.2 Å². The maximum absolute atomic E-state index is 13.8. The lowest BCUT2D eigenvalue weighted by molar-refractivity contribution is -0.133. The van der Waals surface area contributed by atoms with Gasteiger partial charge in [0.1, 0.15) is 5.82 Å². The molecular weight excluding hydrogens is 490 g/mol. The average molecular weight is 522 g/mol. The van der Waals surface area contributed by atoms with Crippen LogP contribution in [-0.4, -0.2) is 26.9 Å². The van der Waals surface area contributed by atoms with E-state index in [0.717, 1.165) is 30.6 Å². The Balaban J connectivity index is 1.83. The van der Waals surface area contributed by atoms with Gasteiger partial charge in [0.2, 0.25) is 5.91 Å². The monoisotopic (exact) mass is 521 g/mol. The number of amides is 1. The summed E-state index contributed by atoms with van der Waals surface area (Å²) < 4.78 is 1.66. The minimum Gasteiger partial charge on any atom is -0.332 e. The molecule has 36 heavy (non-hydrogen) atoms. The van der Waals surface area contributed by atoms with Crippen molar-refractivity contribution < 1.29 is 4.79 Å². The van der Waals surface area contributed by atoms with Crippen LogP contribution in [0.3, 0.4) is 0 Å². The number of rotatable bonds is 11. The molecule has 1 atom stereocenters. The van der Waals surface area contributed by atoms with Crippen molar-refractivity contribution in [2.75, 3.05) is 6.54 Å². The molecule has 4 rings (SSSR count). The first-order chi connectivity index (χ1) is 17.5. The van der Waals surface area contributed by atoms with Crippen LogP contribution in [0.5, 0.6) is 0 Å². The number of halogens is 1. The summed E-state index contributed by atoms with van der Waals surface area (Å²) in [5.41, 5.74) is 1.18. The molecule has 0 radical (unpaired) electrons. The van der Waals surface area contributed by atoms with E-state index in [0.29, 0.717) is 46.8 Å². The van der Waals surface area contributed by atoms with Gasteiger partial charge in [-0.05, 0) is 60.7 Å². The molecule has 0 saturated heterocycles. The van der Waals surface area contributed by atoms with E-state index < -0.39 is 0 Å². The number of fused-ring (bicyclic) bond motifs is 1. The lowest BCUT2D eigenvalue weighted by Crippen LogP contribution is -2.39. The van der Waals surface area contributed by atoms with Crippen molar-refractivity contribution >= 4 is 39.7 Å². The van der Waals surface area contributed by atoms with Crippen molar-refractivity contribution in [1.29, 1.82) is 0 Å². The summed E-state index contributed by atoms with van der Waals surface area (Å²) in [5, 5.41) is 3.14. The van der Waals surface area contributed by atoms with E-state index in [1.54, 1.807) is 34.1 Å². The van der Waals surface area contributed by atoms with Gasteiger partial charge >= 0.3 is 0 Å². The van der Waals surface area contributed by atoms with E-state index in [1.165, 1.54) is 0 Å². The largest absolute Gasteiger partial charge is 0.332 e. The van der Waals surface area contributed by atoms with E-state index in [1.807, 2.05) is 52.7 Å². The highest BCUT2D eigenvalue weighted by Gasteiger charge is 2.29. The van der Waals surface area contributed by atoms with E-state index in [-0.39, 0.29) is 17.5 Å². The molecule has 2 heterocycles. The van der Waals surface area contributed by atoms with Gasteiger partial charge in [0.15, 0.2) is 0 Å². The number of hydrogen-bond acceptors (Lipinski definition) is 4. The van der Waals surface area contributed by atoms with Crippen molar-refractivity contribution in [3.63, 3.8) is 0 Å². The smallest absolute Gasteiger partial charge is 0.266 e. The maximum atomic E-state index is 13.8. The first-order valence-corrected chi connectivity index (χ1v) is 13.9. The van der Waals surface area contributed by atoms with Crippen LogP contribution in [0.1, 0.15) is 62.7 Å². The molecule has 188 valence electrons. The predicted octanol–water partition coefficient (Wildman–Crippen LogP) is 7.20. The Labute approximate surface area is 221 Å². The standard InChI is InChI=1S/C29H32ClN3O2S/c1-3-5-6-9-18-32(27(34)20-23-11-10-19-36-23)26(4-2)28-31-25-13-8-7-12-24(25)29(35)33(28)22-16-14-21(30)15-17-22/h7-8,10-17,19,26H,3-6,9,18,20H2,1-2H3. The van der Waals surface area contributed by atoms with Crippen LogP contribution in [0, 0.1) is 0 Å². The molecule has 0 bridgehead atoms. The molecule has 1 unspecified atom stereocenters. The van der Waals surface area contributed by atoms with Crippen LogP contribution in [0.15, 0.2) is 70.8 Å². The highest BCUT2D eigenvalue weighted by molar-refractivity contribution is 7.10. The minimum absolute atomic E-state index is 0.0610. The first-order valence-electron chi connectivity index (χ1n) is 12.6. The van der Waals surface area contributed by atoms with Crippen LogP contribution in [0.25, 0.3) is 16.6 Å². The molecule has 2 aromatic heterocycles. The molecule has 0 saturated carbocycles. The molecular formula is C29H32ClN3O2S. The number of carbonyl (C=O) groups excluding carboxylic acids is 1. The summed E-state index contributed by atoms with van der Waals surface area (Å²) in [7, 11) is 0. The Morgan fingerprint density at radius 2 is 1.81 bits per heavy atom. The summed E-state index contributed by atoms with van der Waals surface area (Å²) in [5.74, 6) is 0.643. The molecule has 0 aliphatic heterocycles. The quantitative estimate of drug-likeness (QED) is 0.196. The van der Waals surface area contributed by atoms with Gasteiger partial charge in [-0.25, -0.2) is 4.98 Å². The van der Waals surface area contributed by atoms with Gasteiger partial charge < -0.3 is 4.90 Å². The zero-order valence-electron chi connectivity index (χ0n) is 20.8. The number of benzene rings is 2. The predicted molar refractivity (Wildman–Crippen MR) is 149 cm³/mol. The fraction of sp³-hybridized carbons (Fsp3) is 0.345. The Morgan fingerprint density at radius 3 is 2.50 bits per heavy atom. The minimum atomic E-state index is -0.341. The van der Waals surface area contributed by atoms with Gasteiger partial charge in [-0.15, -0.1) is 11.3 Å². The van der Waals surface area contributed by atoms with Gasteiger partial charge in [0.25, 0.3) is 5.56 Å². The zero-order valence-corrected chi connectivity index (χ0v) is 22.4. The number of hydrogen-bond donors (Lipinski definition) is 0. The molecule has 0 N–H and O–H groups in total. The second-order valence-electron chi connectivity index (χ2n) is 8.93. The third kappa shape index (κ3) is 5.88. The second kappa shape index (κ2) is 12.3. The molecule has 0 spiro atoms. The van der Waals surface area contributed by atoms with Crippen molar-refractivity contribution in [2.45, 2.75) is 58.4 Å². The summed E-state index contributed by atoms with van der Waals surface area (Å²) >= 11 is 7.74. The Morgan fingerprint density at radius 1 is 1.03 bits per heavy atom. The fourth-order valence-corrected chi connectivity index (χ4v) is 5.40. The van der Waals surface area contributed by atoms with Gasteiger partial charge in [-0.2, -0.15) is 0 Å². The zero-order chi connectivity index (χ0) is 25.5. The third-order valence-electron chi connectivity index (χ3n) is 6.43. The molecule has 0 aliphatic rings. The molecule has 0 aliphatic carbocycles. The van der Waals surface area contributed by atoms with Crippen LogP contribution in [0.2, 0.25) is 5.02 Å². The fourth-order valence-electron chi connectivity index (χ4n) is 4.58. The first kappa shape index (κ1) is 26.1. The SMILES string of the molecule is CCCCCCN(C(=O)Cc1cccs1)C(CC)c1nc2ccccc2c(=O)n1-c1ccc(Cl)cc1. The second-order valence-corrected chi connectivity index (χ2v) is 10.4. The van der Waals surface area contributed by atoms with Crippen molar-refractivity contribution in [2.24, 2.45) is 0 Å². The highest BCUT2D eigenvalue weighted by Crippen LogP contribution is 2.28. The number of para-hydroxylation sites is 1. The third-order valence-corrected chi connectivity index (χ3v) is 7.55. The lowest BCUT2D eigenvalue weighted by atomic mass is 10.1. The molecule has 4 aromatic rings. The van der Waals surface area contributed by atoms with Gasteiger partial charge in [-0.3, -0.25) is 14.2 Å². The Hall–Kier alpha value is -2.96. The Kier molecular flexibility index (Phi) is 8.94. The van der Waals surface area contributed by atoms with E-state index in [2.05, 4.69) is 13.8 Å². The Bertz CT molecular complexity index is 1350. The highest BCUT2D eigenvalue weighted by atomic mass is 35.5. The van der Waals surface area contributed by atoms with Crippen LogP contribution in [-0.2, 0) is 11.2 Å². The van der Waals surface area contributed by atoms with E-state index >= 15 is 0 Å².